The van der Waals surface area contributed by atoms with E-state index < -0.39 is 0 Å². The van der Waals surface area contributed by atoms with E-state index in [0.717, 1.165) is 12.0 Å². The Labute approximate surface area is 93.2 Å². The summed E-state index contributed by atoms with van der Waals surface area (Å²) in [5.41, 5.74) is 0.478. The molecule has 80 valence electrons. The minimum absolute atomic E-state index is 0.234. The Kier molecular flexibility index (Phi) is 2.55. The molecule has 1 unspecified atom stereocenters. The van der Waals surface area contributed by atoms with Crippen molar-refractivity contribution in [3.63, 3.8) is 0 Å². The molecule has 15 heavy (non-hydrogen) atoms. The highest BCUT2D eigenvalue weighted by atomic mass is 35.5. The number of hydrogen-bond donors (Lipinski definition) is 0. The minimum atomic E-state index is -0.296. The largest absolute Gasteiger partial charge is 0.300 e. The van der Waals surface area contributed by atoms with E-state index in [1.165, 1.54) is 12.1 Å². The van der Waals surface area contributed by atoms with Crippen molar-refractivity contribution in [1.82, 2.24) is 0 Å². The first kappa shape index (κ1) is 10.6. The number of halogens is 2. The predicted octanol–water partition coefficient (Wildman–Crippen LogP) is 3.49. The van der Waals surface area contributed by atoms with Gasteiger partial charge in [0.1, 0.15) is 11.6 Å². The maximum Gasteiger partial charge on any atom is 0.133 e. The SMILES string of the molecule is CC1(c2cc(F)ccc2Cl)CCC(=O)C1. The van der Waals surface area contributed by atoms with Gasteiger partial charge in [0.25, 0.3) is 0 Å². The first-order valence-corrected chi connectivity index (χ1v) is 5.36. The maximum atomic E-state index is 13.1. The molecular formula is C12H12ClFO. The first-order valence-electron chi connectivity index (χ1n) is 4.98. The van der Waals surface area contributed by atoms with Gasteiger partial charge < -0.3 is 0 Å². The van der Waals surface area contributed by atoms with Crippen LogP contribution in [0.2, 0.25) is 5.02 Å². The number of benzene rings is 1. The Morgan fingerprint density at radius 1 is 1.47 bits per heavy atom. The smallest absolute Gasteiger partial charge is 0.133 e. The molecule has 1 aromatic rings. The lowest BCUT2D eigenvalue weighted by Gasteiger charge is -2.24. The van der Waals surface area contributed by atoms with Gasteiger partial charge in [0.15, 0.2) is 0 Å². The quantitative estimate of drug-likeness (QED) is 0.717. The summed E-state index contributed by atoms with van der Waals surface area (Å²) >= 11 is 6.04. The molecule has 0 aromatic heterocycles. The van der Waals surface area contributed by atoms with Gasteiger partial charge in [0.05, 0.1) is 0 Å². The van der Waals surface area contributed by atoms with E-state index in [-0.39, 0.29) is 17.0 Å². The second kappa shape index (κ2) is 3.60. The highest BCUT2D eigenvalue weighted by Crippen LogP contribution is 2.41. The zero-order valence-electron chi connectivity index (χ0n) is 8.52. The fourth-order valence-electron chi connectivity index (χ4n) is 2.22. The molecule has 0 radical (unpaired) electrons. The van der Waals surface area contributed by atoms with Gasteiger partial charge in [0.2, 0.25) is 0 Å². The average Bonchev–Trinajstić information content (AvgIpc) is 2.52. The second-order valence-electron chi connectivity index (χ2n) is 4.40. The molecule has 0 aliphatic heterocycles. The van der Waals surface area contributed by atoms with Gasteiger partial charge in [0, 0.05) is 23.3 Å². The maximum absolute atomic E-state index is 13.1. The molecule has 1 nitrogen and oxygen atoms in total. The number of Topliss-reactive ketones (excluding diaryl/α,β-unsaturated/α-hetero) is 1. The average molecular weight is 227 g/mol. The van der Waals surface area contributed by atoms with Gasteiger partial charge in [-0.1, -0.05) is 18.5 Å². The summed E-state index contributed by atoms with van der Waals surface area (Å²) < 4.78 is 13.1. The van der Waals surface area contributed by atoms with Crippen LogP contribution in [0.5, 0.6) is 0 Å². The topological polar surface area (TPSA) is 17.1 Å². The zero-order chi connectivity index (χ0) is 11.1. The summed E-state index contributed by atoms with van der Waals surface area (Å²) in [7, 11) is 0. The van der Waals surface area contributed by atoms with Crippen molar-refractivity contribution in [2.75, 3.05) is 0 Å². The van der Waals surface area contributed by atoms with Crippen LogP contribution >= 0.6 is 11.6 Å². The molecule has 1 saturated carbocycles. The molecule has 1 aromatic carbocycles. The fourth-order valence-corrected chi connectivity index (χ4v) is 2.56. The second-order valence-corrected chi connectivity index (χ2v) is 4.81. The summed E-state index contributed by atoms with van der Waals surface area (Å²) in [4.78, 5) is 11.3. The third-order valence-electron chi connectivity index (χ3n) is 3.12. The van der Waals surface area contributed by atoms with Crippen LogP contribution in [-0.4, -0.2) is 5.78 Å². The summed E-state index contributed by atoms with van der Waals surface area (Å²) in [6, 6.07) is 4.34. The molecule has 0 amide bonds. The number of carbonyl (C=O) groups excluding carboxylic acids is 1. The number of carbonyl (C=O) groups is 1. The lowest BCUT2D eigenvalue weighted by atomic mass is 9.81. The van der Waals surface area contributed by atoms with Gasteiger partial charge in [-0.25, -0.2) is 4.39 Å². The van der Waals surface area contributed by atoms with Crippen LogP contribution in [0, 0.1) is 5.82 Å². The Hall–Kier alpha value is -0.890. The van der Waals surface area contributed by atoms with Crippen LogP contribution in [0.25, 0.3) is 0 Å². The Morgan fingerprint density at radius 3 is 2.80 bits per heavy atom. The predicted molar refractivity (Wildman–Crippen MR) is 57.6 cm³/mol. The number of ketones is 1. The van der Waals surface area contributed by atoms with Crippen molar-refractivity contribution in [3.8, 4) is 0 Å². The van der Waals surface area contributed by atoms with E-state index in [0.29, 0.717) is 17.9 Å². The molecule has 0 bridgehead atoms. The van der Waals surface area contributed by atoms with Crippen molar-refractivity contribution in [3.05, 3.63) is 34.6 Å². The Bertz CT molecular complexity index is 416. The molecular weight excluding hydrogens is 215 g/mol. The summed E-state index contributed by atoms with van der Waals surface area (Å²) in [5, 5.41) is 0.550. The Balaban J connectivity index is 2.44. The van der Waals surface area contributed by atoms with E-state index in [1.54, 1.807) is 6.07 Å². The monoisotopic (exact) mass is 226 g/mol. The molecule has 1 fully saturated rings. The zero-order valence-corrected chi connectivity index (χ0v) is 9.27. The van der Waals surface area contributed by atoms with Crippen molar-refractivity contribution < 1.29 is 9.18 Å². The molecule has 0 saturated heterocycles. The van der Waals surface area contributed by atoms with Crippen LogP contribution < -0.4 is 0 Å². The van der Waals surface area contributed by atoms with Crippen molar-refractivity contribution in [1.29, 1.82) is 0 Å². The molecule has 0 N–H and O–H groups in total. The molecule has 1 atom stereocenters. The summed E-state index contributed by atoms with van der Waals surface area (Å²) in [6.45, 7) is 1.97. The summed E-state index contributed by atoms with van der Waals surface area (Å²) in [5.74, 6) is -0.0622. The van der Waals surface area contributed by atoms with Crippen molar-refractivity contribution in [2.45, 2.75) is 31.6 Å². The summed E-state index contributed by atoms with van der Waals surface area (Å²) in [6.07, 6.45) is 1.80. The van der Waals surface area contributed by atoms with Crippen LogP contribution in [0.4, 0.5) is 4.39 Å². The lowest BCUT2D eigenvalue weighted by Crippen LogP contribution is -2.18. The molecule has 1 aliphatic rings. The molecule has 2 rings (SSSR count). The molecule has 3 heteroatoms. The minimum Gasteiger partial charge on any atom is -0.300 e. The molecule has 0 spiro atoms. The normalized spacial score (nSPS) is 25.9. The first-order chi connectivity index (χ1) is 7.01. The number of rotatable bonds is 1. The third kappa shape index (κ3) is 1.91. The molecule has 0 heterocycles. The van der Waals surface area contributed by atoms with E-state index in [2.05, 4.69) is 0 Å². The van der Waals surface area contributed by atoms with Gasteiger partial charge in [-0.2, -0.15) is 0 Å². The third-order valence-corrected chi connectivity index (χ3v) is 3.45. The standard InChI is InChI=1S/C12H12ClFO/c1-12(5-4-9(15)7-12)10-6-8(14)2-3-11(10)13/h2-3,6H,4-5,7H2,1H3. The van der Waals surface area contributed by atoms with E-state index in [4.69, 9.17) is 11.6 Å². The van der Waals surface area contributed by atoms with E-state index >= 15 is 0 Å². The van der Waals surface area contributed by atoms with Crippen molar-refractivity contribution in [2.24, 2.45) is 0 Å². The number of hydrogen-bond acceptors (Lipinski definition) is 1. The van der Waals surface area contributed by atoms with E-state index in [1.807, 2.05) is 6.92 Å². The van der Waals surface area contributed by atoms with Crippen LogP contribution in [-0.2, 0) is 10.2 Å². The van der Waals surface area contributed by atoms with Gasteiger partial charge in [-0.3, -0.25) is 4.79 Å². The molecule has 1 aliphatic carbocycles. The fraction of sp³-hybridized carbons (Fsp3) is 0.417. The van der Waals surface area contributed by atoms with Gasteiger partial charge >= 0.3 is 0 Å². The van der Waals surface area contributed by atoms with Crippen LogP contribution in [0.1, 0.15) is 31.7 Å². The van der Waals surface area contributed by atoms with Crippen LogP contribution in [0.15, 0.2) is 18.2 Å². The van der Waals surface area contributed by atoms with Crippen LogP contribution in [0.3, 0.4) is 0 Å². The lowest BCUT2D eigenvalue weighted by molar-refractivity contribution is -0.117. The van der Waals surface area contributed by atoms with Crippen molar-refractivity contribution >= 4 is 17.4 Å². The highest BCUT2D eigenvalue weighted by Gasteiger charge is 2.37. The van der Waals surface area contributed by atoms with E-state index in [9.17, 15) is 9.18 Å². The van der Waals surface area contributed by atoms with Gasteiger partial charge in [-0.15, -0.1) is 0 Å². The van der Waals surface area contributed by atoms with Gasteiger partial charge in [-0.05, 0) is 30.2 Å². The highest BCUT2D eigenvalue weighted by molar-refractivity contribution is 6.31. The Morgan fingerprint density at radius 2 is 2.20 bits per heavy atom.